The zero-order valence-electron chi connectivity index (χ0n) is 11.7. The number of thioether (sulfide) groups is 1. The van der Waals surface area contributed by atoms with Crippen LogP contribution in [0, 0.1) is 0 Å². The van der Waals surface area contributed by atoms with Crippen molar-refractivity contribution >= 4 is 36.0 Å². The Balaban J connectivity index is 0.00000220. The van der Waals surface area contributed by atoms with Crippen molar-refractivity contribution in [2.24, 2.45) is 0 Å². The van der Waals surface area contributed by atoms with E-state index in [4.69, 9.17) is 0 Å². The van der Waals surface area contributed by atoms with E-state index in [1.807, 2.05) is 0 Å². The fraction of sp³-hybridized carbons (Fsp3) is 0.583. The number of nitrogens with zero attached hydrogens (tertiary/aromatic N) is 1. The number of H-pyrrole nitrogens is 1. The van der Waals surface area contributed by atoms with Gasteiger partial charge < -0.3 is 15.4 Å². The predicted molar refractivity (Wildman–Crippen MR) is 82.9 cm³/mol. The van der Waals surface area contributed by atoms with Crippen molar-refractivity contribution < 1.29 is 14.3 Å². The number of halogens is 1. The molecule has 0 spiro atoms. The van der Waals surface area contributed by atoms with E-state index in [0.29, 0.717) is 30.3 Å². The first-order chi connectivity index (χ1) is 9.72. The zero-order chi connectivity index (χ0) is 14.4. The molecule has 0 saturated heterocycles. The molecule has 0 saturated carbocycles. The van der Waals surface area contributed by atoms with E-state index in [2.05, 4.69) is 25.6 Å². The van der Waals surface area contributed by atoms with Crippen LogP contribution in [-0.2, 0) is 22.5 Å². The average molecular weight is 335 g/mol. The van der Waals surface area contributed by atoms with Gasteiger partial charge in [-0.1, -0.05) is 0 Å². The number of rotatable bonds is 6. The number of nitrogens with one attached hydrogen (secondary N) is 3. The van der Waals surface area contributed by atoms with Gasteiger partial charge in [-0.2, -0.15) is 5.10 Å². The van der Waals surface area contributed by atoms with E-state index in [1.165, 1.54) is 18.9 Å². The second-order valence-electron chi connectivity index (χ2n) is 4.34. The first-order valence-corrected chi connectivity index (χ1v) is 7.57. The summed E-state index contributed by atoms with van der Waals surface area (Å²) in [5, 5.41) is 13.0. The Hall–Kier alpha value is -1.25. The number of amides is 1. The van der Waals surface area contributed by atoms with Gasteiger partial charge in [-0.3, -0.25) is 14.7 Å². The van der Waals surface area contributed by atoms with Gasteiger partial charge in [-0.25, -0.2) is 0 Å². The minimum atomic E-state index is -0.256. The Kier molecular flexibility index (Phi) is 7.55. The van der Waals surface area contributed by atoms with Gasteiger partial charge >= 0.3 is 5.97 Å². The number of esters is 1. The van der Waals surface area contributed by atoms with Crippen LogP contribution in [-0.4, -0.2) is 53.8 Å². The number of methoxy groups -OCH3 is 1. The van der Waals surface area contributed by atoms with Crippen LogP contribution >= 0.6 is 24.2 Å². The Morgan fingerprint density at radius 1 is 1.48 bits per heavy atom. The number of aromatic amines is 1. The van der Waals surface area contributed by atoms with Crippen molar-refractivity contribution in [3.05, 3.63) is 17.0 Å². The summed E-state index contributed by atoms with van der Waals surface area (Å²) in [6, 6.07) is 0. The summed E-state index contributed by atoms with van der Waals surface area (Å²) in [5.74, 6) is 0.526. The highest BCUT2D eigenvalue weighted by atomic mass is 35.5. The summed E-state index contributed by atoms with van der Waals surface area (Å²) in [6.45, 7) is 2.07. The maximum atomic E-state index is 12.0. The van der Waals surface area contributed by atoms with Crippen molar-refractivity contribution in [3.63, 3.8) is 0 Å². The molecule has 0 atom stereocenters. The summed E-state index contributed by atoms with van der Waals surface area (Å²) in [5.41, 5.74) is 2.45. The topological polar surface area (TPSA) is 96.1 Å². The van der Waals surface area contributed by atoms with Gasteiger partial charge in [0, 0.05) is 43.1 Å². The molecule has 2 heterocycles. The van der Waals surface area contributed by atoms with Crippen LogP contribution in [0.2, 0.25) is 0 Å². The summed E-state index contributed by atoms with van der Waals surface area (Å²) >= 11 is 1.42. The number of aromatic nitrogens is 2. The van der Waals surface area contributed by atoms with Crippen LogP contribution in [0.1, 0.15) is 21.7 Å². The Bertz CT molecular complexity index is 495. The molecular weight excluding hydrogens is 316 g/mol. The monoisotopic (exact) mass is 334 g/mol. The number of hydrogen-bond donors (Lipinski definition) is 3. The van der Waals surface area contributed by atoms with Crippen LogP contribution in [0.3, 0.4) is 0 Å². The lowest BCUT2D eigenvalue weighted by Crippen LogP contribution is -2.29. The maximum Gasteiger partial charge on any atom is 0.315 e. The second kappa shape index (κ2) is 8.91. The molecule has 1 aromatic heterocycles. The van der Waals surface area contributed by atoms with E-state index in [1.54, 1.807) is 0 Å². The molecule has 0 aromatic carbocycles. The van der Waals surface area contributed by atoms with Crippen molar-refractivity contribution in [1.29, 1.82) is 0 Å². The molecule has 118 valence electrons. The molecule has 1 amide bonds. The van der Waals surface area contributed by atoms with Crippen LogP contribution in [0.4, 0.5) is 0 Å². The van der Waals surface area contributed by atoms with Crippen LogP contribution < -0.4 is 10.6 Å². The number of hydrogen-bond acceptors (Lipinski definition) is 6. The van der Waals surface area contributed by atoms with Gasteiger partial charge in [-0.15, -0.1) is 24.2 Å². The third kappa shape index (κ3) is 4.90. The minimum Gasteiger partial charge on any atom is -0.468 e. The Morgan fingerprint density at radius 3 is 3.05 bits per heavy atom. The minimum absolute atomic E-state index is 0. The SMILES string of the molecule is COC(=O)CSCCNC(=O)c1n[nH]c2c1CNCC2.Cl. The standard InChI is InChI=1S/C12H18N4O3S.ClH/c1-19-10(17)7-20-5-4-14-12(18)11-8-6-13-3-2-9(8)15-16-11;/h13H,2-7H2,1H3,(H,14,18)(H,15,16);1H. The smallest absolute Gasteiger partial charge is 0.315 e. The lowest BCUT2D eigenvalue weighted by Gasteiger charge is -2.12. The van der Waals surface area contributed by atoms with Crippen LogP contribution in [0.15, 0.2) is 0 Å². The van der Waals surface area contributed by atoms with E-state index >= 15 is 0 Å². The third-order valence-electron chi connectivity index (χ3n) is 3.00. The van der Waals surface area contributed by atoms with Crippen LogP contribution in [0.5, 0.6) is 0 Å². The molecule has 0 aliphatic carbocycles. The average Bonchev–Trinajstić information content (AvgIpc) is 2.90. The maximum absolute atomic E-state index is 12.0. The van der Waals surface area contributed by atoms with E-state index < -0.39 is 0 Å². The van der Waals surface area contributed by atoms with Crippen LogP contribution in [0.25, 0.3) is 0 Å². The fourth-order valence-corrected chi connectivity index (χ4v) is 2.62. The summed E-state index contributed by atoms with van der Waals surface area (Å²) < 4.78 is 4.53. The molecule has 1 aliphatic heterocycles. The van der Waals surface area contributed by atoms with Crippen molar-refractivity contribution in [1.82, 2.24) is 20.8 Å². The normalized spacial score (nSPS) is 13.0. The van der Waals surface area contributed by atoms with E-state index in [0.717, 1.165) is 24.2 Å². The molecule has 1 aromatic rings. The molecule has 7 nitrogen and oxygen atoms in total. The zero-order valence-corrected chi connectivity index (χ0v) is 13.4. The fourth-order valence-electron chi connectivity index (χ4n) is 1.95. The Morgan fingerprint density at radius 2 is 2.29 bits per heavy atom. The lowest BCUT2D eigenvalue weighted by atomic mass is 10.1. The predicted octanol–water partition coefficient (Wildman–Crippen LogP) is 0.113. The lowest BCUT2D eigenvalue weighted by molar-refractivity contribution is -0.137. The summed E-state index contributed by atoms with van der Waals surface area (Å²) in [4.78, 5) is 22.9. The molecule has 1 aliphatic rings. The number of ether oxygens (including phenoxy) is 1. The first-order valence-electron chi connectivity index (χ1n) is 6.42. The van der Waals surface area contributed by atoms with Crippen molar-refractivity contribution in [2.45, 2.75) is 13.0 Å². The van der Waals surface area contributed by atoms with E-state index in [9.17, 15) is 9.59 Å². The van der Waals surface area contributed by atoms with Gasteiger partial charge in [0.2, 0.25) is 0 Å². The van der Waals surface area contributed by atoms with Gasteiger partial charge in [0.15, 0.2) is 5.69 Å². The largest absolute Gasteiger partial charge is 0.468 e. The highest BCUT2D eigenvalue weighted by molar-refractivity contribution is 7.99. The highest BCUT2D eigenvalue weighted by Gasteiger charge is 2.20. The van der Waals surface area contributed by atoms with Gasteiger partial charge in [-0.05, 0) is 0 Å². The third-order valence-corrected chi connectivity index (χ3v) is 3.93. The molecule has 3 N–H and O–H groups in total. The molecule has 0 unspecified atom stereocenters. The molecule has 2 rings (SSSR count). The molecule has 9 heteroatoms. The van der Waals surface area contributed by atoms with Gasteiger partial charge in [0.05, 0.1) is 12.9 Å². The molecule has 21 heavy (non-hydrogen) atoms. The van der Waals surface area contributed by atoms with Crippen molar-refractivity contribution in [2.75, 3.05) is 31.7 Å². The highest BCUT2D eigenvalue weighted by Crippen LogP contribution is 2.14. The number of fused-ring (bicyclic) bond motifs is 1. The first kappa shape index (κ1) is 17.8. The molecular formula is C12H19ClN4O3S. The molecule has 0 radical (unpaired) electrons. The number of carbonyl (C=O) groups excluding carboxylic acids is 2. The molecule has 0 fully saturated rings. The summed E-state index contributed by atoms with van der Waals surface area (Å²) in [6.07, 6.45) is 0.866. The van der Waals surface area contributed by atoms with Crippen molar-refractivity contribution in [3.8, 4) is 0 Å². The number of carbonyl (C=O) groups is 2. The summed E-state index contributed by atoms with van der Waals surface area (Å²) in [7, 11) is 1.36. The van der Waals surface area contributed by atoms with E-state index in [-0.39, 0.29) is 24.3 Å². The van der Waals surface area contributed by atoms with Gasteiger partial charge in [0.25, 0.3) is 5.91 Å². The second-order valence-corrected chi connectivity index (χ2v) is 5.45. The molecule has 0 bridgehead atoms. The van der Waals surface area contributed by atoms with Gasteiger partial charge in [0.1, 0.15) is 0 Å². The quantitative estimate of drug-likeness (QED) is 0.505. The Labute approximate surface area is 133 Å².